The van der Waals surface area contributed by atoms with E-state index in [9.17, 15) is 0 Å². The maximum Gasteiger partial charge on any atom is 0.164 e. The molecule has 0 spiro atoms. The van der Waals surface area contributed by atoms with Crippen LogP contribution in [0.5, 0.6) is 0 Å². The molecule has 0 saturated heterocycles. The van der Waals surface area contributed by atoms with Crippen LogP contribution in [0.2, 0.25) is 10.0 Å². The third-order valence-corrected chi connectivity index (χ3v) is 6.07. The summed E-state index contributed by atoms with van der Waals surface area (Å²) in [5.74, 6) is 1.47. The number of hydrogen-bond donors (Lipinski definition) is 1. The van der Waals surface area contributed by atoms with Gasteiger partial charge in [-0.3, -0.25) is 4.98 Å². The van der Waals surface area contributed by atoms with Crippen molar-refractivity contribution >= 4 is 50.6 Å². The molecule has 0 aliphatic heterocycles. The van der Waals surface area contributed by atoms with Crippen LogP contribution < -0.4 is 5.32 Å². The fourth-order valence-electron chi connectivity index (χ4n) is 2.74. The smallest absolute Gasteiger partial charge is 0.164 e. The van der Waals surface area contributed by atoms with Gasteiger partial charge in [0.25, 0.3) is 0 Å². The summed E-state index contributed by atoms with van der Waals surface area (Å²) in [7, 11) is 0. The third kappa shape index (κ3) is 3.90. The van der Waals surface area contributed by atoms with E-state index in [1.54, 1.807) is 29.8 Å². The van der Waals surface area contributed by atoms with E-state index < -0.39 is 0 Å². The van der Waals surface area contributed by atoms with Crippen molar-refractivity contribution in [2.24, 2.45) is 0 Å². The van der Waals surface area contributed by atoms with Gasteiger partial charge < -0.3 is 5.32 Å². The van der Waals surface area contributed by atoms with Gasteiger partial charge in [-0.25, -0.2) is 9.97 Å². The minimum Gasteiger partial charge on any atom is -0.365 e. The molecule has 0 atom stereocenters. The summed E-state index contributed by atoms with van der Waals surface area (Å²) >= 11 is 13.8. The number of aromatic nitrogens is 3. The summed E-state index contributed by atoms with van der Waals surface area (Å²) in [6.07, 6.45) is 4.49. The van der Waals surface area contributed by atoms with Crippen molar-refractivity contribution in [3.63, 3.8) is 0 Å². The molecule has 4 rings (SSSR count). The number of aryl methyl sites for hydroxylation is 1. The number of nitrogens with one attached hydrogen (secondary N) is 1. The molecular formula is C20H16Cl2N4S. The Morgan fingerprint density at radius 2 is 1.96 bits per heavy atom. The molecule has 7 heteroatoms. The number of rotatable bonds is 5. The lowest BCUT2D eigenvalue weighted by molar-refractivity contribution is 1.11. The van der Waals surface area contributed by atoms with Crippen molar-refractivity contribution in [1.82, 2.24) is 15.0 Å². The fraction of sp³-hybridized carbons (Fsp3) is 0.150. The van der Waals surface area contributed by atoms with Gasteiger partial charge in [0.2, 0.25) is 0 Å². The lowest BCUT2D eigenvalue weighted by atomic mass is 10.2. The molecule has 27 heavy (non-hydrogen) atoms. The monoisotopic (exact) mass is 414 g/mol. The summed E-state index contributed by atoms with van der Waals surface area (Å²) in [6.45, 7) is 2.73. The Hall–Kier alpha value is -2.21. The van der Waals surface area contributed by atoms with Crippen LogP contribution in [0.15, 0.2) is 48.8 Å². The first kappa shape index (κ1) is 18.2. The highest BCUT2D eigenvalue weighted by molar-refractivity contribution is 7.18. The van der Waals surface area contributed by atoms with Crippen LogP contribution in [0.3, 0.4) is 0 Å². The number of benzene rings is 1. The Bertz CT molecular complexity index is 1100. The minimum atomic E-state index is 0.545. The number of thiophene rings is 1. The zero-order valence-electron chi connectivity index (χ0n) is 14.5. The lowest BCUT2D eigenvalue weighted by Crippen LogP contribution is -2.03. The highest BCUT2D eigenvalue weighted by Crippen LogP contribution is 2.32. The Labute approximate surface area is 171 Å². The molecule has 4 aromatic rings. The summed E-state index contributed by atoms with van der Waals surface area (Å²) in [5.41, 5.74) is 1.92. The molecule has 1 N–H and O–H groups in total. The second kappa shape index (κ2) is 7.80. The van der Waals surface area contributed by atoms with Crippen LogP contribution in [0, 0.1) is 0 Å². The highest BCUT2D eigenvalue weighted by atomic mass is 35.5. The maximum atomic E-state index is 6.13. The molecule has 136 valence electrons. The minimum absolute atomic E-state index is 0.545. The first-order valence-corrected chi connectivity index (χ1v) is 10.1. The van der Waals surface area contributed by atoms with E-state index in [4.69, 9.17) is 33.2 Å². The molecular weight excluding hydrogens is 399 g/mol. The number of fused-ring (bicyclic) bond motifs is 1. The van der Waals surface area contributed by atoms with E-state index in [1.165, 1.54) is 4.88 Å². The van der Waals surface area contributed by atoms with Gasteiger partial charge in [0.15, 0.2) is 5.82 Å². The number of pyridine rings is 1. The van der Waals surface area contributed by atoms with E-state index in [0.29, 0.717) is 22.4 Å². The average Bonchev–Trinajstić information content (AvgIpc) is 3.12. The summed E-state index contributed by atoms with van der Waals surface area (Å²) < 4.78 is 0. The SMILES string of the molecule is CCc1cc2c(NCc3ccc(Cl)c(Cl)c3)nc(-c3cccnc3)nc2s1. The largest absolute Gasteiger partial charge is 0.365 e. The van der Waals surface area contributed by atoms with Gasteiger partial charge in [0.05, 0.1) is 15.4 Å². The highest BCUT2D eigenvalue weighted by Gasteiger charge is 2.13. The summed E-state index contributed by atoms with van der Waals surface area (Å²) in [4.78, 5) is 15.9. The van der Waals surface area contributed by atoms with Gasteiger partial charge in [-0.05, 0) is 42.3 Å². The van der Waals surface area contributed by atoms with Gasteiger partial charge >= 0.3 is 0 Å². The number of halogens is 2. The Kier molecular flexibility index (Phi) is 5.25. The summed E-state index contributed by atoms with van der Waals surface area (Å²) in [6, 6.07) is 11.6. The molecule has 0 aliphatic rings. The molecule has 0 saturated carbocycles. The molecule has 0 unspecified atom stereocenters. The Balaban J connectivity index is 1.73. The first-order valence-electron chi connectivity index (χ1n) is 8.52. The second-order valence-corrected chi connectivity index (χ2v) is 7.95. The first-order chi connectivity index (χ1) is 13.1. The molecule has 0 bridgehead atoms. The molecule has 0 amide bonds. The van der Waals surface area contributed by atoms with Crippen LogP contribution >= 0.6 is 34.5 Å². The average molecular weight is 415 g/mol. The van der Waals surface area contributed by atoms with Crippen LogP contribution in [0.25, 0.3) is 21.6 Å². The van der Waals surface area contributed by atoms with Crippen molar-refractivity contribution in [3.8, 4) is 11.4 Å². The van der Waals surface area contributed by atoms with E-state index >= 15 is 0 Å². The maximum absolute atomic E-state index is 6.13. The predicted molar refractivity (Wildman–Crippen MR) is 114 cm³/mol. The Morgan fingerprint density at radius 3 is 2.70 bits per heavy atom. The van der Waals surface area contributed by atoms with Crippen LogP contribution in [-0.4, -0.2) is 15.0 Å². The molecule has 3 aromatic heterocycles. The topological polar surface area (TPSA) is 50.7 Å². The van der Waals surface area contributed by atoms with Gasteiger partial charge in [-0.1, -0.05) is 36.2 Å². The molecule has 0 fully saturated rings. The molecule has 4 nitrogen and oxygen atoms in total. The number of nitrogens with zero attached hydrogens (tertiary/aromatic N) is 3. The quantitative estimate of drug-likeness (QED) is 0.420. The van der Waals surface area contributed by atoms with Crippen molar-refractivity contribution in [2.75, 3.05) is 5.32 Å². The van der Waals surface area contributed by atoms with Crippen LogP contribution in [0.4, 0.5) is 5.82 Å². The van der Waals surface area contributed by atoms with Crippen LogP contribution in [-0.2, 0) is 13.0 Å². The van der Waals surface area contributed by atoms with E-state index in [0.717, 1.165) is 33.6 Å². The van der Waals surface area contributed by atoms with Crippen molar-refractivity contribution in [2.45, 2.75) is 19.9 Å². The van der Waals surface area contributed by atoms with E-state index in [1.807, 2.05) is 24.3 Å². The molecule has 3 heterocycles. The number of hydrogen-bond acceptors (Lipinski definition) is 5. The summed E-state index contributed by atoms with van der Waals surface area (Å²) in [5, 5.41) is 5.56. The molecule has 1 aromatic carbocycles. The fourth-order valence-corrected chi connectivity index (χ4v) is 4.03. The normalized spacial score (nSPS) is 11.1. The van der Waals surface area contributed by atoms with Crippen molar-refractivity contribution in [3.05, 3.63) is 69.3 Å². The third-order valence-electron chi connectivity index (χ3n) is 4.16. The zero-order valence-corrected chi connectivity index (χ0v) is 16.9. The second-order valence-electron chi connectivity index (χ2n) is 6.02. The molecule has 0 aliphatic carbocycles. The van der Waals surface area contributed by atoms with Crippen molar-refractivity contribution in [1.29, 1.82) is 0 Å². The van der Waals surface area contributed by atoms with Crippen molar-refractivity contribution < 1.29 is 0 Å². The molecule has 0 radical (unpaired) electrons. The van der Waals surface area contributed by atoms with E-state index in [2.05, 4.69) is 23.3 Å². The number of anilines is 1. The zero-order chi connectivity index (χ0) is 18.8. The van der Waals surface area contributed by atoms with Gasteiger partial charge in [-0.2, -0.15) is 0 Å². The van der Waals surface area contributed by atoms with E-state index in [-0.39, 0.29) is 0 Å². The lowest BCUT2D eigenvalue weighted by Gasteiger charge is -2.10. The standard InChI is InChI=1S/C20H16Cl2N4S/c1-2-14-9-15-19(24-10-12-5-6-16(21)17(22)8-12)25-18(26-20(15)27-14)13-4-3-7-23-11-13/h3-9,11H,2,10H2,1H3,(H,24,25,26). The van der Waals surface area contributed by atoms with Gasteiger partial charge in [0.1, 0.15) is 10.6 Å². The van der Waals surface area contributed by atoms with Gasteiger partial charge in [-0.15, -0.1) is 11.3 Å². The Morgan fingerprint density at radius 1 is 1.07 bits per heavy atom. The van der Waals surface area contributed by atoms with Gasteiger partial charge in [0, 0.05) is 29.4 Å². The predicted octanol–water partition coefficient (Wildman–Crippen LogP) is 6.23. The van der Waals surface area contributed by atoms with Crippen LogP contribution in [0.1, 0.15) is 17.4 Å².